The first-order valence-electron chi connectivity index (χ1n) is 18.0. The van der Waals surface area contributed by atoms with Gasteiger partial charge in [0.2, 0.25) is 29.5 Å². The third-order valence-electron chi connectivity index (χ3n) is 10.5. The third kappa shape index (κ3) is 7.75. The molecule has 6 bridgehead atoms. The second kappa shape index (κ2) is 15.9. The Morgan fingerprint density at radius 3 is 2.02 bits per heavy atom. The molecule has 6 rings (SSSR count). The molecule has 3 N–H and O–H groups in total. The minimum absolute atomic E-state index is 0.0678. The molecule has 10 atom stereocenters. The SMILES string of the molecule is CC[C@H](C)[C@@H]1NC(=O)[C@@H]2CSC(=N2)[C@H]([C@@H](C)CC)NC(=O)[C@H]2N=C(O[C@@H]2C)[C@@H]2CCCN2C(=O)[C@@H](Cc2ccccc2)NC(=O)[C@@H]2CSC1=N2. The molecule has 5 aliphatic rings. The number of fused-ring (bicyclic) bond motifs is 5. The van der Waals surface area contributed by atoms with Gasteiger partial charge in [0.25, 0.3) is 0 Å². The average molecular weight is 724 g/mol. The Hall–Kier alpha value is -3.39. The third-order valence-corrected chi connectivity index (χ3v) is 12.8. The van der Waals surface area contributed by atoms with Crippen LogP contribution in [0.4, 0.5) is 0 Å². The van der Waals surface area contributed by atoms with Crippen molar-refractivity contribution in [1.29, 1.82) is 0 Å². The molecule has 0 aromatic heterocycles. The summed E-state index contributed by atoms with van der Waals surface area (Å²) in [4.78, 5) is 72.0. The van der Waals surface area contributed by atoms with Gasteiger partial charge < -0.3 is 25.6 Å². The summed E-state index contributed by atoms with van der Waals surface area (Å²) in [5, 5.41) is 10.9. The van der Waals surface area contributed by atoms with Gasteiger partial charge in [0, 0.05) is 24.5 Å². The first kappa shape index (κ1) is 36.4. The predicted octanol–water partition coefficient (Wildman–Crippen LogP) is 2.99. The molecule has 12 nitrogen and oxygen atoms in total. The van der Waals surface area contributed by atoms with Gasteiger partial charge in [0.1, 0.15) is 30.3 Å². The molecule has 5 heterocycles. The van der Waals surface area contributed by atoms with Crippen LogP contribution in [0, 0.1) is 11.8 Å². The van der Waals surface area contributed by atoms with Crippen LogP contribution >= 0.6 is 23.5 Å². The number of thioether (sulfide) groups is 2. The van der Waals surface area contributed by atoms with Crippen LogP contribution in [0.2, 0.25) is 0 Å². The van der Waals surface area contributed by atoms with Gasteiger partial charge in [-0.1, -0.05) is 70.9 Å². The lowest BCUT2D eigenvalue weighted by Crippen LogP contribution is -2.54. The first-order valence-corrected chi connectivity index (χ1v) is 20.0. The summed E-state index contributed by atoms with van der Waals surface area (Å²) >= 11 is 2.98. The van der Waals surface area contributed by atoms with Crippen LogP contribution < -0.4 is 16.0 Å². The van der Waals surface area contributed by atoms with E-state index in [1.165, 1.54) is 23.5 Å². The fourth-order valence-corrected chi connectivity index (χ4v) is 9.47. The first-order chi connectivity index (χ1) is 24.1. The zero-order valence-corrected chi connectivity index (χ0v) is 31.1. The van der Waals surface area contributed by atoms with Gasteiger partial charge in [-0.3, -0.25) is 29.2 Å². The van der Waals surface area contributed by atoms with Crippen molar-refractivity contribution in [2.75, 3.05) is 18.1 Å². The minimum Gasteiger partial charge on any atom is -0.474 e. The molecular weight excluding hydrogens is 675 g/mol. The second-order valence-corrected chi connectivity index (χ2v) is 16.1. The number of rotatable bonds is 6. The second-order valence-electron chi connectivity index (χ2n) is 14.0. The number of aliphatic imine (C=N–C) groups is 3. The monoisotopic (exact) mass is 723 g/mol. The minimum atomic E-state index is -0.838. The van der Waals surface area contributed by atoms with Crippen LogP contribution in [0.1, 0.15) is 65.9 Å². The largest absolute Gasteiger partial charge is 0.474 e. The molecule has 0 spiro atoms. The number of nitrogens with zero attached hydrogens (tertiary/aromatic N) is 4. The van der Waals surface area contributed by atoms with E-state index >= 15 is 0 Å². The van der Waals surface area contributed by atoms with Gasteiger partial charge in [-0.05, 0) is 37.2 Å². The van der Waals surface area contributed by atoms with E-state index in [1.807, 2.05) is 37.3 Å². The lowest BCUT2D eigenvalue weighted by atomic mass is 9.98. The highest BCUT2D eigenvalue weighted by Gasteiger charge is 2.45. The molecule has 1 aromatic carbocycles. The van der Waals surface area contributed by atoms with Crippen molar-refractivity contribution in [1.82, 2.24) is 20.9 Å². The van der Waals surface area contributed by atoms with Crippen molar-refractivity contribution in [2.45, 2.75) is 115 Å². The summed E-state index contributed by atoms with van der Waals surface area (Å²) in [5.74, 6) is 0.396. The molecule has 0 radical (unpaired) electrons. The van der Waals surface area contributed by atoms with E-state index < -0.39 is 36.3 Å². The molecule has 0 unspecified atom stereocenters. The maximum Gasteiger partial charge on any atom is 0.249 e. The zero-order valence-electron chi connectivity index (χ0n) is 29.5. The van der Waals surface area contributed by atoms with Crippen LogP contribution in [0.5, 0.6) is 0 Å². The summed E-state index contributed by atoms with van der Waals surface area (Å²) in [5.41, 5.74) is 0.920. The van der Waals surface area contributed by atoms with E-state index in [0.717, 1.165) is 29.9 Å². The Bertz CT molecular complexity index is 1550. The Morgan fingerprint density at radius 1 is 0.840 bits per heavy atom. The smallest absolute Gasteiger partial charge is 0.249 e. The van der Waals surface area contributed by atoms with Crippen molar-refractivity contribution in [3.63, 3.8) is 0 Å². The number of amides is 4. The van der Waals surface area contributed by atoms with Crippen molar-refractivity contribution < 1.29 is 23.9 Å². The van der Waals surface area contributed by atoms with Crippen LogP contribution in [-0.4, -0.2) is 111 Å². The molecule has 5 aliphatic heterocycles. The van der Waals surface area contributed by atoms with Crippen LogP contribution in [0.3, 0.4) is 0 Å². The maximum absolute atomic E-state index is 14.4. The van der Waals surface area contributed by atoms with Gasteiger partial charge in [-0.2, -0.15) is 0 Å². The summed E-state index contributed by atoms with van der Waals surface area (Å²) < 4.78 is 6.22. The lowest BCUT2D eigenvalue weighted by Gasteiger charge is -2.29. The Balaban J connectivity index is 1.37. The number of carbonyl (C=O) groups excluding carboxylic acids is 4. The van der Waals surface area contributed by atoms with Crippen LogP contribution in [0.15, 0.2) is 45.3 Å². The highest BCUT2D eigenvalue weighted by molar-refractivity contribution is 8.14. The van der Waals surface area contributed by atoms with Crippen molar-refractivity contribution in [3.05, 3.63) is 35.9 Å². The van der Waals surface area contributed by atoms with Gasteiger partial charge in [-0.25, -0.2) is 4.99 Å². The van der Waals surface area contributed by atoms with Crippen molar-refractivity contribution in [3.8, 4) is 0 Å². The lowest BCUT2D eigenvalue weighted by molar-refractivity contribution is -0.136. The van der Waals surface area contributed by atoms with E-state index in [2.05, 4.69) is 43.6 Å². The number of hydrogen-bond donors (Lipinski definition) is 3. The number of ether oxygens (including phenoxy) is 1. The Morgan fingerprint density at radius 2 is 1.42 bits per heavy atom. The van der Waals surface area contributed by atoms with E-state index in [0.29, 0.717) is 41.8 Å². The molecule has 0 aliphatic carbocycles. The van der Waals surface area contributed by atoms with Gasteiger partial charge in [0.05, 0.1) is 22.2 Å². The quantitative estimate of drug-likeness (QED) is 0.408. The summed E-state index contributed by atoms with van der Waals surface area (Å²) in [6, 6.07) is 5.51. The van der Waals surface area contributed by atoms with E-state index in [1.54, 1.807) is 4.90 Å². The molecule has 270 valence electrons. The molecular formula is C36H49N7O5S2. The number of carbonyl (C=O) groups is 4. The molecule has 1 fully saturated rings. The highest BCUT2D eigenvalue weighted by atomic mass is 32.2. The fraction of sp³-hybridized carbons (Fsp3) is 0.639. The Kier molecular flexibility index (Phi) is 11.6. The van der Waals surface area contributed by atoms with Crippen molar-refractivity contribution in [2.24, 2.45) is 26.8 Å². The molecule has 1 saturated heterocycles. The van der Waals surface area contributed by atoms with Gasteiger partial charge >= 0.3 is 0 Å². The number of benzene rings is 1. The van der Waals surface area contributed by atoms with Crippen LogP contribution in [-0.2, 0) is 30.3 Å². The maximum atomic E-state index is 14.4. The normalized spacial score (nSPS) is 33.1. The molecule has 0 saturated carbocycles. The van der Waals surface area contributed by atoms with E-state index in [9.17, 15) is 19.2 Å². The number of hydrogen-bond acceptors (Lipinski definition) is 10. The molecule has 4 amide bonds. The molecule has 50 heavy (non-hydrogen) atoms. The zero-order chi connectivity index (χ0) is 35.5. The highest BCUT2D eigenvalue weighted by Crippen LogP contribution is 2.30. The fourth-order valence-electron chi connectivity index (χ4n) is 7.02. The topological polar surface area (TPSA) is 154 Å². The van der Waals surface area contributed by atoms with E-state index in [-0.39, 0.29) is 47.5 Å². The summed E-state index contributed by atoms with van der Waals surface area (Å²) in [6.45, 7) is 10.6. The van der Waals surface area contributed by atoms with Crippen LogP contribution in [0.25, 0.3) is 0 Å². The number of nitrogens with one attached hydrogen (secondary N) is 3. The van der Waals surface area contributed by atoms with Gasteiger partial charge in [-0.15, -0.1) is 23.5 Å². The van der Waals surface area contributed by atoms with E-state index in [4.69, 9.17) is 19.7 Å². The summed E-state index contributed by atoms with van der Waals surface area (Å²) in [6.07, 6.45) is 2.78. The average Bonchev–Trinajstić information content (AvgIpc) is 3.95. The van der Waals surface area contributed by atoms with Crippen molar-refractivity contribution >= 4 is 63.1 Å². The predicted molar refractivity (Wildman–Crippen MR) is 199 cm³/mol. The molecule has 1 aromatic rings. The Labute approximate surface area is 302 Å². The summed E-state index contributed by atoms with van der Waals surface area (Å²) in [7, 11) is 0. The van der Waals surface area contributed by atoms with Gasteiger partial charge in [0.15, 0.2) is 6.04 Å². The standard InChI is InChI=1S/C36H49N7O5S2/c1-6-19(3)27-34-38-24(17-49-34)30(44)37-23(16-22-12-9-8-10-13-22)36(47)43-15-11-14-26(43)33-42-29(21(5)48-33)32(46)41-28(20(4)7-2)35-39-25(18-50-35)31(45)40-27/h8-10,12-13,19-21,23-29H,6-7,11,14-18H2,1-5H3,(H,37,44)(H,40,45)(H,41,46)/t19-,20-,21+,23+,24-,25-,26-,27-,28-,29-/m0/s1. The molecule has 14 heteroatoms.